The van der Waals surface area contributed by atoms with Crippen molar-refractivity contribution in [2.75, 3.05) is 9.80 Å². The molecule has 0 N–H and O–H groups in total. The Morgan fingerprint density at radius 1 is 0.284 bits per heavy atom. The first-order valence-corrected chi connectivity index (χ1v) is 23.2. The van der Waals surface area contributed by atoms with Crippen LogP contribution in [-0.2, 0) is 5.41 Å². The van der Waals surface area contributed by atoms with Gasteiger partial charge in [-0.2, -0.15) is 0 Å². The molecule has 0 fully saturated rings. The van der Waals surface area contributed by atoms with Gasteiger partial charge in [0.2, 0.25) is 0 Å². The molecule has 0 bridgehead atoms. The van der Waals surface area contributed by atoms with Gasteiger partial charge in [0.1, 0.15) is 0 Å². The Bertz CT molecular complexity index is 3490. The maximum Gasteiger partial charge on any atom is 0.0540 e. The predicted molar refractivity (Wildman–Crippen MR) is 285 cm³/mol. The summed E-state index contributed by atoms with van der Waals surface area (Å²) in [6.45, 7) is 4.79. The topological polar surface area (TPSA) is 6.48 Å². The van der Waals surface area contributed by atoms with Crippen molar-refractivity contribution >= 4 is 55.7 Å². The molecule has 11 aromatic rings. The maximum atomic E-state index is 2.50. The van der Waals surface area contributed by atoms with Gasteiger partial charge in [0.15, 0.2) is 0 Å². The molecule has 0 atom stereocenters. The van der Waals surface area contributed by atoms with Crippen LogP contribution >= 0.6 is 0 Å². The van der Waals surface area contributed by atoms with Crippen molar-refractivity contribution in [3.05, 3.63) is 266 Å². The van der Waals surface area contributed by atoms with Gasteiger partial charge in [0.25, 0.3) is 0 Å². The zero-order chi connectivity index (χ0) is 44.9. The third-order valence-corrected chi connectivity index (χ3v) is 13.8. The molecule has 0 spiro atoms. The van der Waals surface area contributed by atoms with E-state index in [4.69, 9.17) is 0 Å². The summed E-state index contributed by atoms with van der Waals surface area (Å²) in [5.74, 6) is 0. The van der Waals surface area contributed by atoms with E-state index < -0.39 is 0 Å². The fourth-order valence-corrected chi connectivity index (χ4v) is 10.2. The Morgan fingerprint density at radius 3 is 1.22 bits per heavy atom. The summed E-state index contributed by atoms with van der Waals surface area (Å²) in [6.07, 6.45) is 0. The van der Waals surface area contributed by atoms with Gasteiger partial charge in [-0.25, -0.2) is 0 Å². The summed E-state index contributed by atoms with van der Waals surface area (Å²) < 4.78 is 0. The van der Waals surface area contributed by atoms with E-state index in [1.807, 2.05) is 0 Å². The minimum absolute atomic E-state index is 0.302. The number of rotatable bonds is 8. The van der Waals surface area contributed by atoms with Crippen LogP contribution in [0.5, 0.6) is 0 Å². The quantitative estimate of drug-likeness (QED) is 0.150. The Kier molecular flexibility index (Phi) is 9.88. The molecule has 0 saturated carbocycles. The standard InChI is InChI=1S/C65H48N2/c1-65(2)60-43-54(50-30-38-58(39-31-50)66(56-34-26-48(27-35-56)45-14-5-3-6-15-45)57-36-28-49(29-37-57)46-16-7-4-8-17-46)32-40-63(60)67(62-23-13-21-51-19-11-12-22-59(51)62)64-41-33-55(44-61(64)65)53-25-24-47-18-9-10-20-52(47)42-53/h3-44H,1-2H3. The molecule has 1 aliphatic rings. The van der Waals surface area contributed by atoms with E-state index >= 15 is 0 Å². The first-order chi connectivity index (χ1) is 33.0. The lowest BCUT2D eigenvalue weighted by Crippen LogP contribution is -2.30. The molecule has 11 aromatic carbocycles. The fourth-order valence-electron chi connectivity index (χ4n) is 10.2. The number of anilines is 6. The molecule has 1 heterocycles. The van der Waals surface area contributed by atoms with Crippen molar-refractivity contribution in [1.82, 2.24) is 0 Å². The van der Waals surface area contributed by atoms with Crippen LogP contribution in [-0.4, -0.2) is 0 Å². The molecule has 1 aliphatic heterocycles. The van der Waals surface area contributed by atoms with Gasteiger partial charge in [0, 0.05) is 27.9 Å². The van der Waals surface area contributed by atoms with Gasteiger partial charge in [-0.05, 0) is 145 Å². The van der Waals surface area contributed by atoms with E-state index in [1.54, 1.807) is 0 Å². The third-order valence-electron chi connectivity index (χ3n) is 13.8. The fraction of sp³-hybridized carbons (Fsp3) is 0.0462. The van der Waals surface area contributed by atoms with E-state index in [0.717, 1.165) is 17.1 Å². The van der Waals surface area contributed by atoms with Crippen LogP contribution in [0.4, 0.5) is 34.1 Å². The zero-order valence-electron chi connectivity index (χ0n) is 37.6. The molecule has 318 valence electrons. The zero-order valence-corrected chi connectivity index (χ0v) is 37.6. The third kappa shape index (κ3) is 7.24. The molecule has 0 aromatic heterocycles. The van der Waals surface area contributed by atoms with Gasteiger partial charge in [0.05, 0.1) is 17.1 Å². The van der Waals surface area contributed by atoms with Gasteiger partial charge >= 0.3 is 0 Å². The molecule has 0 saturated heterocycles. The van der Waals surface area contributed by atoms with Gasteiger partial charge in [-0.1, -0.05) is 196 Å². The number of fused-ring (bicyclic) bond motifs is 4. The summed E-state index contributed by atoms with van der Waals surface area (Å²) in [5, 5.41) is 4.96. The molecule has 2 heteroatoms. The van der Waals surface area contributed by atoms with Gasteiger partial charge in [-0.15, -0.1) is 0 Å². The lowest BCUT2D eigenvalue weighted by molar-refractivity contribution is 0.632. The summed E-state index contributed by atoms with van der Waals surface area (Å²) in [6, 6.07) is 93.2. The Balaban J connectivity index is 0.950. The second-order valence-corrected chi connectivity index (χ2v) is 18.2. The molecule has 0 radical (unpaired) electrons. The SMILES string of the molecule is CC1(C)c2cc(-c3ccc(N(c4ccc(-c5ccccc5)cc4)c4ccc(-c5ccccc5)cc4)cc3)ccc2N(c2cccc3ccccc23)c2ccc(-c3ccc4ccccc4c3)cc21. The molecule has 0 amide bonds. The van der Waals surface area contributed by atoms with Crippen LogP contribution in [0, 0.1) is 0 Å². The van der Waals surface area contributed by atoms with E-state index in [2.05, 4.69) is 278 Å². The average Bonchev–Trinajstić information content (AvgIpc) is 3.40. The smallest absolute Gasteiger partial charge is 0.0540 e. The van der Waals surface area contributed by atoms with Crippen LogP contribution in [0.1, 0.15) is 25.0 Å². The lowest BCUT2D eigenvalue weighted by atomic mass is 9.72. The number of hydrogen-bond donors (Lipinski definition) is 0. The Labute approximate surface area is 393 Å². The number of benzene rings is 11. The summed E-state index contributed by atoms with van der Waals surface area (Å²) >= 11 is 0. The highest BCUT2D eigenvalue weighted by molar-refractivity contribution is 6.01. The van der Waals surface area contributed by atoms with Crippen molar-refractivity contribution in [3.63, 3.8) is 0 Å². The predicted octanol–water partition coefficient (Wildman–Crippen LogP) is 18.2. The number of hydrogen-bond acceptors (Lipinski definition) is 2. The monoisotopic (exact) mass is 856 g/mol. The molecule has 67 heavy (non-hydrogen) atoms. The Hall–Kier alpha value is -8.46. The van der Waals surface area contributed by atoms with E-state index in [1.165, 1.54) is 94.2 Å². The first kappa shape index (κ1) is 40.1. The second kappa shape index (κ2) is 16.5. The minimum atomic E-state index is -0.302. The van der Waals surface area contributed by atoms with Crippen molar-refractivity contribution in [2.45, 2.75) is 19.3 Å². The van der Waals surface area contributed by atoms with E-state index in [-0.39, 0.29) is 5.41 Å². The molecular formula is C65H48N2. The molecule has 0 aliphatic carbocycles. The van der Waals surface area contributed by atoms with Crippen molar-refractivity contribution in [3.8, 4) is 44.5 Å². The Morgan fingerprint density at radius 2 is 0.672 bits per heavy atom. The first-order valence-electron chi connectivity index (χ1n) is 23.2. The molecular weight excluding hydrogens is 809 g/mol. The summed E-state index contributed by atoms with van der Waals surface area (Å²) in [7, 11) is 0. The van der Waals surface area contributed by atoms with Crippen LogP contribution in [0.15, 0.2) is 255 Å². The highest BCUT2D eigenvalue weighted by atomic mass is 15.2. The normalized spacial score (nSPS) is 12.7. The summed E-state index contributed by atoms with van der Waals surface area (Å²) in [4.78, 5) is 4.86. The largest absolute Gasteiger partial charge is 0.311 e. The number of nitrogens with zero attached hydrogens (tertiary/aromatic N) is 2. The van der Waals surface area contributed by atoms with Crippen LogP contribution in [0.25, 0.3) is 66.1 Å². The molecule has 12 rings (SSSR count). The van der Waals surface area contributed by atoms with Gasteiger partial charge < -0.3 is 9.80 Å². The molecule has 2 nitrogen and oxygen atoms in total. The molecule has 0 unspecified atom stereocenters. The van der Waals surface area contributed by atoms with Crippen molar-refractivity contribution < 1.29 is 0 Å². The highest BCUT2D eigenvalue weighted by Gasteiger charge is 2.38. The highest BCUT2D eigenvalue weighted by Crippen LogP contribution is 2.54. The maximum absolute atomic E-state index is 2.50. The van der Waals surface area contributed by atoms with E-state index in [0.29, 0.717) is 0 Å². The van der Waals surface area contributed by atoms with Crippen LogP contribution in [0.2, 0.25) is 0 Å². The van der Waals surface area contributed by atoms with Crippen LogP contribution < -0.4 is 9.80 Å². The minimum Gasteiger partial charge on any atom is -0.311 e. The lowest BCUT2D eigenvalue weighted by Gasteiger charge is -2.43. The van der Waals surface area contributed by atoms with Crippen LogP contribution in [0.3, 0.4) is 0 Å². The van der Waals surface area contributed by atoms with Crippen molar-refractivity contribution in [2.24, 2.45) is 0 Å². The average molecular weight is 857 g/mol. The van der Waals surface area contributed by atoms with E-state index in [9.17, 15) is 0 Å². The second-order valence-electron chi connectivity index (χ2n) is 18.2. The van der Waals surface area contributed by atoms with Crippen molar-refractivity contribution in [1.29, 1.82) is 0 Å². The summed E-state index contributed by atoms with van der Waals surface area (Å²) in [5.41, 5.74) is 18.8. The van der Waals surface area contributed by atoms with Gasteiger partial charge in [-0.3, -0.25) is 0 Å².